The molecule has 0 saturated carbocycles. The molecule has 2 aromatic carbocycles. The maximum Gasteiger partial charge on any atom is 0.282 e. The van der Waals surface area contributed by atoms with Gasteiger partial charge in [0.25, 0.3) is 5.56 Å². The van der Waals surface area contributed by atoms with Gasteiger partial charge in [0, 0.05) is 29.0 Å². The van der Waals surface area contributed by atoms with Crippen LogP contribution in [-0.4, -0.2) is 50.0 Å². The third-order valence-corrected chi connectivity index (χ3v) is 6.79. The van der Waals surface area contributed by atoms with Gasteiger partial charge in [-0.25, -0.2) is 4.68 Å². The third-order valence-electron chi connectivity index (χ3n) is 6.79. The number of carbonyl (C=O) groups is 1. The van der Waals surface area contributed by atoms with Gasteiger partial charge in [0.1, 0.15) is 17.1 Å². The Labute approximate surface area is 242 Å². The number of methoxy groups -OCH3 is 2. The quantitative estimate of drug-likeness (QED) is 0.237. The smallest absolute Gasteiger partial charge is 0.282 e. The predicted molar refractivity (Wildman–Crippen MR) is 158 cm³/mol. The normalized spacial score (nSPS) is 11.5. The first-order valence-electron chi connectivity index (χ1n) is 13.4. The first kappa shape index (κ1) is 28.6. The van der Waals surface area contributed by atoms with E-state index in [0.29, 0.717) is 45.6 Å². The molecule has 10 heteroatoms. The zero-order valence-corrected chi connectivity index (χ0v) is 24.1. The van der Waals surface area contributed by atoms with Crippen molar-refractivity contribution in [2.24, 2.45) is 0 Å². The van der Waals surface area contributed by atoms with Crippen LogP contribution in [0.2, 0.25) is 0 Å². The van der Waals surface area contributed by atoms with Crippen molar-refractivity contribution < 1.29 is 24.1 Å². The Morgan fingerprint density at radius 2 is 1.67 bits per heavy atom. The number of Topliss-reactive ketones (excluding diaryl/α,β-unsaturated/α-hetero) is 1. The van der Waals surface area contributed by atoms with E-state index in [4.69, 9.17) is 14.2 Å². The minimum absolute atomic E-state index is 0.0675. The fraction of sp³-hybridized carbons (Fsp3) is 0.250. The van der Waals surface area contributed by atoms with E-state index < -0.39 is 11.2 Å². The van der Waals surface area contributed by atoms with Crippen molar-refractivity contribution in [3.63, 3.8) is 0 Å². The first-order chi connectivity index (χ1) is 20.1. The van der Waals surface area contributed by atoms with Crippen LogP contribution in [0.5, 0.6) is 23.0 Å². The summed E-state index contributed by atoms with van der Waals surface area (Å²) in [4.78, 5) is 35.8. The largest absolute Gasteiger partial charge is 0.493 e. The molecule has 0 atom stereocenters. The van der Waals surface area contributed by atoms with Crippen molar-refractivity contribution in [2.45, 2.75) is 39.3 Å². The summed E-state index contributed by atoms with van der Waals surface area (Å²) < 4.78 is 20.0. The Kier molecular flexibility index (Phi) is 7.82. The summed E-state index contributed by atoms with van der Waals surface area (Å²) in [7, 11) is 3.12. The van der Waals surface area contributed by atoms with E-state index in [0.717, 1.165) is 5.39 Å². The summed E-state index contributed by atoms with van der Waals surface area (Å²) in [6.45, 7) is 5.16. The van der Waals surface area contributed by atoms with E-state index in [1.807, 2.05) is 18.2 Å². The zero-order valence-electron chi connectivity index (χ0n) is 24.1. The van der Waals surface area contributed by atoms with Gasteiger partial charge >= 0.3 is 0 Å². The number of pyridine rings is 2. The van der Waals surface area contributed by atoms with Gasteiger partial charge in [-0.3, -0.25) is 24.2 Å². The number of rotatable bonds is 10. The fourth-order valence-corrected chi connectivity index (χ4v) is 4.84. The number of benzene rings is 2. The highest BCUT2D eigenvalue weighted by Crippen LogP contribution is 2.36. The number of aromatic nitrogens is 4. The molecule has 42 heavy (non-hydrogen) atoms. The lowest BCUT2D eigenvalue weighted by molar-refractivity contribution is 0.0546. The van der Waals surface area contributed by atoms with Crippen molar-refractivity contribution in [1.29, 1.82) is 0 Å². The third kappa shape index (κ3) is 5.75. The molecule has 5 aromatic rings. The molecule has 0 radical (unpaired) electrons. The van der Waals surface area contributed by atoms with Crippen molar-refractivity contribution in [1.82, 2.24) is 19.3 Å². The molecule has 0 bridgehead atoms. The number of ether oxygens (including phenoxy) is 3. The van der Waals surface area contributed by atoms with Gasteiger partial charge < -0.3 is 19.3 Å². The van der Waals surface area contributed by atoms with Gasteiger partial charge in [-0.05, 0) is 57.2 Å². The van der Waals surface area contributed by atoms with Crippen LogP contribution in [0.15, 0.2) is 77.9 Å². The lowest BCUT2D eigenvalue weighted by atomic mass is 10.1. The van der Waals surface area contributed by atoms with Crippen LogP contribution in [-0.2, 0) is 13.0 Å². The summed E-state index contributed by atoms with van der Waals surface area (Å²) in [6, 6.07) is 17.8. The van der Waals surface area contributed by atoms with Crippen LogP contribution >= 0.6 is 0 Å². The van der Waals surface area contributed by atoms with Crippen molar-refractivity contribution >= 4 is 16.7 Å². The second-order valence-electron chi connectivity index (χ2n) is 10.5. The molecule has 0 aliphatic carbocycles. The monoisotopic (exact) mass is 568 g/mol. The van der Waals surface area contributed by atoms with Crippen LogP contribution < -0.4 is 19.8 Å². The Morgan fingerprint density at radius 3 is 2.31 bits per heavy atom. The second kappa shape index (κ2) is 11.5. The first-order valence-corrected chi connectivity index (χ1v) is 13.4. The molecule has 10 nitrogen and oxygen atoms in total. The number of hydrogen-bond acceptors (Lipinski definition) is 8. The summed E-state index contributed by atoms with van der Waals surface area (Å²) >= 11 is 0. The molecule has 1 N–H and O–H groups in total. The molecule has 3 heterocycles. The van der Waals surface area contributed by atoms with E-state index in [1.165, 1.54) is 10.9 Å². The van der Waals surface area contributed by atoms with E-state index in [2.05, 4.69) is 9.97 Å². The molecule has 0 amide bonds. The Morgan fingerprint density at radius 1 is 0.952 bits per heavy atom. The van der Waals surface area contributed by atoms with E-state index >= 15 is 0 Å². The SMILES string of the molecule is COc1cc2nccc(Oc3ccc(CC(=O)c4c(C)n(CC(C)(C)O)n(-c5ccccc5)c4=O)nc3)c2cc1OC. The fourth-order valence-electron chi connectivity index (χ4n) is 4.84. The molecule has 0 fully saturated rings. The molecule has 3 aromatic heterocycles. The number of aliphatic hydroxyl groups is 1. The topological polar surface area (TPSA) is 118 Å². The molecule has 0 aliphatic rings. The van der Waals surface area contributed by atoms with Crippen molar-refractivity contribution in [3.8, 4) is 28.7 Å². The maximum atomic E-state index is 13.6. The standard InChI is InChI=1S/C32H32N4O6/c1-20-30(31(38)36(22-9-7-6-8-10-22)35(20)19-32(2,3)39)26(37)15-21-11-12-23(18-34-21)42-27-13-14-33-25-17-29(41-5)28(40-4)16-24(25)27/h6-14,16-18,39H,15,19H2,1-5H3. The van der Waals surface area contributed by atoms with Gasteiger partial charge in [0.15, 0.2) is 17.3 Å². The number of hydrogen-bond donors (Lipinski definition) is 1. The molecule has 0 saturated heterocycles. The number of para-hydroxylation sites is 1. The highest BCUT2D eigenvalue weighted by molar-refractivity contribution is 5.98. The van der Waals surface area contributed by atoms with Gasteiger partial charge in [-0.1, -0.05) is 18.2 Å². The minimum Gasteiger partial charge on any atom is -0.493 e. The number of carbonyl (C=O) groups excluding carboxylic acids is 1. The van der Waals surface area contributed by atoms with Crippen LogP contribution in [0.25, 0.3) is 16.6 Å². The summed E-state index contributed by atoms with van der Waals surface area (Å²) in [5, 5.41) is 11.3. The van der Waals surface area contributed by atoms with E-state index in [-0.39, 0.29) is 24.3 Å². The minimum atomic E-state index is -1.11. The van der Waals surface area contributed by atoms with Gasteiger partial charge in [-0.2, -0.15) is 0 Å². The second-order valence-corrected chi connectivity index (χ2v) is 10.5. The molecule has 0 spiro atoms. The molecule has 5 rings (SSSR count). The van der Waals surface area contributed by atoms with Gasteiger partial charge in [-0.15, -0.1) is 0 Å². The van der Waals surface area contributed by atoms with Crippen LogP contribution in [0.1, 0.15) is 35.6 Å². The van der Waals surface area contributed by atoms with Crippen LogP contribution in [0, 0.1) is 6.92 Å². The highest BCUT2D eigenvalue weighted by atomic mass is 16.5. The highest BCUT2D eigenvalue weighted by Gasteiger charge is 2.27. The van der Waals surface area contributed by atoms with Gasteiger partial charge in [0.2, 0.25) is 0 Å². The molecule has 216 valence electrons. The molecular weight excluding hydrogens is 536 g/mol. The van der Waals surface area contributed by atoms with Crippen LogP contribution in [0.3, 0.4) is 0 Å². The summed E-state index contributed by atoms with van der Waals surface area (Å²) in [6.07, 6.45) is 3.09. The molecular formula is C32H32N4O6. The molecule has 0 unspecified atom stereocenters. The van der Waals surface area contributed by atoms with Crippen molar-refractivity contribution in [2.75, 3.05) is 14.2 Å². The Balaban J connectivity index is 1.41. The number of ketones is 1. The Hall–Kier alpha value is -4.96. The predicted octanol–water partition coefficient (Wildman–Crippen LogP) is 4.90. The summed E-state index contributed by atoms with van der Waals surface area (Å²) in [5.74, 6) is 1.77. The average Bonchev–Trinajstić information content (AvgIpc) is 3.21. The number of fused-ring (bicyclic) bond motifs is 1. The maximum absolute atomic E-state index is 13.6. The molecule has 0 aliphatic heterocycles. The average molecular weight is 569 g/mol. The van der Waals surface area contributed by atoms with Crippen LogP contribution in [0.4, 0.5) is 0 Å². The zero-order chi connectivity index (χ0) is 30.0. The lowest BCUT2D eigenvalue weighted by Crippen LogP contribution is -2.32. The Bertz CT molecular complexity index is 1800. The van der Waals surface area contributed by atoms with E-state index in [9.17, 15) is 14.7 Å². The van der Waals surface area contributed by atoms with Gasteiger partial charge in [0.05, 0.1) is 50.2 Å². The lowest BCUT2D eigenvalue weighted by Gasteiger charge is -2.22. The van der Waals surface area contributed by atoms with Crippen molar-refractivity contribution in [3.05, 3.63) is 100 Å². The van der Waals surface area contributed by atoms with E-state index in [1.54, 1.807) is 88.3 Å². The summed E-state index contributed by atoms with van der Waals surface area (Å²) in [5.41, 5.74) is 0.761. The number of nitrogens with zero attached hydrogens (tertiary/aromatic N) is 4.